The summed E-state index contributed by atoms with van der Waals surface area (Å²) in [5, 5.41) is 3.32. The fourth-order valence-electron chi connectivity index (χ4n) is 1.87. The van der Waals surface area contributed by atoms with Crippen molar-refractivity contribution in [1.29, 1.82) is 0 Å². The van der Waals surface area contributed by atoms with E-state index in [1.807, 2.05) is 6.92 Å². The van der Waals surface area contributed by atoms with Gasteiger partial charge in [-0.2, -0.15) is 0 Å². The van der Waals surface area contributed by atoms with Crippen molar-refractivity contribution in [2.75, 3.05) is 17.7 Å². The summed E-state index contributed by atoms with van der Waals surface area (Å²) in [7, 11) is 0. The quantitative estimate of drug-likeness (QED) is 0.808. The van der Waals surface area contributed by atoms with E-state index in [0.717, 1.165) is 16.2 Å². The Morgan fingerprint density at radius 2 is 2.09 bits per heavy atom. The number of thioether (sulfide) groups is 1. The second-order valence-electron chi connectivity index (χ2n) is 4.80. The number of amides is 1. The molecule has 3 N–H and O–H groups in total. The van der Waals surface area contributed by atoms with Crippen LogP contribution in [0.1, 0.15) is 18.1 Å². The zero-order chi connectivity index (χ0) is 16.8. The van der Waals surface area contributed by atoms with Crippen LogP contribution in [0, 0.1) is 12.7 Å². The first-order valence-electron chi connectivity index (χ1n) is 7.07. The molecule has 0 saturated heterocycles. The first kappa shape index (κ1) is 17.1. The highest BCUT2D eigenvalue weighted by Crippen LogP contribution is 2.29. The maximum atomic E-state index is 12.9. The van der Waals surface area contributed by atoms with E-state index in [1.54, 1.807) is 25.1 Å². The monoisotopic (exact) mass is 335 g/mol. The number of aryl methyl sites for hydroxylation is 1. The molecule has 0 saturated carbocycles. The summed E-state index contributed by atoms with van der Waals surface area (Å²) in [6.45, 7) is 3.89. The van der Waals surface area contributed by atoms with Gasteiger partial charge in [0.1, 0.15) is 16.7 Å². The van der Waals surface area contributed by atoms with Crippen LogP contribution in [0.2, 0.25) is 0 Å². The number of aromatic nitrogens is 1. The Hall–Kier alpha value is -2.28. The van der Waals surface area contributed by atoms with Crippen LogP contribution in [0.25, 0.3) is 0 Å². The average Bonchev–Trinajstić information content (AvgIpc) is 2.51. The van der Waals surface area contributed by atoms with Gasteiger partial charge in [0.05, 0.1) is 12.3 Å². The molecule has 1 amide bonds. The number of hydrogen-bond donors (Lipinski definition) is 2. The molecule has 0 spiro atoms. The fourth-order valence-corrected chi connectivity index (χ4v) is 2.81. The van der Waals surface area contributed by atoms with Gasteiger partial charge in [0.2, 0.25) is 0 Å². The van der Waals surface area contributed by atoms with Crippen molar-refractivity contribution < 1.29 is 13.9 Å². The molecule has 23 heavy (non-hydrogen) atoms. The number of carbonyl (C=O) groups is 1. The van der Waals surface area contributed by atoms with Crippen LogP contribution < -0.4 is 11.1 Å². The van der Waals surface area contributed by atoms with E-state index in [2.05, 4.69) is 10.3 Å². The lowest BCUT2D eigenvalue weighted by Gasteiger charge is -2.11. The number of carbonyl (C=O) groups excluding carboxylic acids is 1. The van der Waals surface area contributed by atoms with E-state index in [0.29, 0.717) is 11.4 Å². The summed E-state index contributed by atoms with van der Waals surface area (Å²) in [5.41, 5.74) is 8.18. The van der Waals surface area contributed by atoms with Crippen LogP contribution in [0.4, 0.5) is 20.7 Å². The lowest BCUT2D eigenvalue weighted by molar-refractivity contribution is 0.168. The van der Waals surface area contributed by atoms with Crippen molar-refractivity contribution in [3.05, 3.63) is 47.3 Å². The Morgan fingerprint density at radius 3 is 2.74 bits per heavy atom. The second kappa shape index (κ2) is 7.82. The van der Waals surface area contributed by atoms with Gasteiger partial charge in [0.25, 0.3) is 0 Å². The minimum Gasteiger partial charge on any atom is -0.450 e. The van der Waals surface area contributed by atoms with Gasteiger partial charge in [0, 0.05) is 5.75 Å². The zero-order valence-electron chi connectivity index (χ0n) is 12.9. The van der Waals surface area contributed by atoms with E-state index in [4.69, 9.17) is 10.5 Å². The molecule has 5 nitrogen and oxygen atoms in total. The topological polar surface area (TPSA) is 77.2 Å². The molecule has 0 atom stereocenters. The first-order chi connectivity index (χ1) is 11.0. The minimum absolute atomic E-state index is 0.227. The molecule has 0 aliphatic carbocycles. The molecule has 122 valence electrons. The molecular formula is C16H18FN3O2S. The second-order valence-corrected chi connectivity index (χ2v) is 5.77. The number of nitrogens with zero attached hydrogens (tertiary/aromatic N) is 1. The Balaban J connectivity index is 2.07. The van der Waals surface area contributed by atoms with Crippen molar-refractivity contribution in [1.82, 2.24) is 4.98 Å². The number of nitrogen functional groups attached to an aromatic ring is 1. The van der Waals surface area contributed by atoms with Crippen LogP contribution >= 0.6 is 11.8 Å². The lowest BCUT2D eigenvalue weighted by atomic mass is 10.2. The smallest absolute Gasteiger partial charge is 0.411 e. The molecule has 1 aromatic heterocycles. The molecule has 0 unspecified atom stereocenters. The molecule has 7 heteroatoms. The Morgan fingerprint density at radius 1 is 1.39 bits per heavy atom. The SMILES string of the molecule is CCOC(=O)Nc1cc(C)c(SCc2ccc(F)cc2)nc1N. The average molecular weight is 335 g/mol. The molecular weight excluding hydrogens is 317 g/mol. The molecule has 0 aliphatic rings. The molecule has 0 aliphatic heterocycles. The number of nitrogens with two attached hydrogens (primary N) is 1. The van der Waals surface area contributed by atoms with Crippen molar-refractivity contribution in [2.45, 2.75) is 24.6 Å². The van der Waals surface area contributed by atoms with E-state index in [-0.39, 0.29) is 18.2 Å². The largest absolute Gasteiger partial charge is 0.450 e. The van der Waals surface area contributed by atoms with Gasteiger partial charge in [-0.05, 0) is 43.2 Å². The van der Waals surface area contributed by atoms with Crippen molar-refractivity contribution in [3.8, 4) is 0 Å². The molecule has 0 bridgehead atoms. The number of pyridine rings is 1. The molecule has 2 rings (SSSR count). The summed E-state index contributed by atoms with van der Waals surface area (Å²) < 4.78 is 17.7. The summed E-state index contributed by atoms with van der Waals surface area (Å²) >= 11 is 1.50. The summed E-state index contributed by atoms with van der Waals surface area (Å²) in [6.07, 6.45) is -0.563. The van der Waals surface area contributed by atoms with Crippen LogP contribution in [0.3, 0.4) is 0 Å². The molecule has 1 heterocycles. The van der Waals surface area contributed by atoms with Crippen LogP contribution in [0.5, 0.6) is 0 Å². The van der Waals surface area contributed by atoms with E-state index in [9.17, 15) is 9.18 Å². The van der Waals surface area contributed by atoms with Crippen molar-refractivity contribution in [2.24, 2.45) is 0 Å². The predicted octanol–water partition coefficient (Wildman–Crippen LogP) is 3.97. The summed E-state index contributed by atoms with van der Waals surface area (Å²) in [6, 6.07) is 8.08. The normalized spacial score (nSPS) is 10.4. The van der Waals surface area contributed by atoms with Gasteiger partial charge >= 0.3 is 6.09 Å². The van der Waals surface area contributed by atoms with Crippen LogP contribution in [0.15, 0.2) is 35.4 Å². The van der Waals surface area contributed by atoms with Crippen LogP contribution in [-0.4, -0.2) is 17.7 Å². The number of nitrogens with one attached hydrogen (secondary N) is 1. The number of halogens is 1. The number of benzene rings is 1. The van der Waals surface area contributed by atoms with E-state index in [1.165, 1.54) is 23.9 Å². The summed E-state index contributed by atoms with van der Waals surface area (Å²) in [5.74, 6) is 0.620. The number of rotatable bonds is 5. The minimum atomic E-state index is -0.563. The lowest BCUT2D eigenvalue weighted by Crippen LogP contribution is -2.15. The maximum Gasteiger partial charge on any atom is 0.411 e. The standard InChI is InChI=1S/C16H18FN3O2S/c1-3-22-16(21)19-13-8-10(2)15(20-14(13)18)23-9-11-4-6-12(17)7-5-11/h4-8H,3,9H2,1-2H3,(H2,18,20)(H,19,21). The van der Waals surface area contributed by atoms with Gasteiger partial charge in [0.15, 0.2) is 0 Å². The predicted molar refractivity (Wildman–Crippen MR) is 90.0 cm³/mol. The van der Waals surface area contributed by atoms with Crippen molar-refractivity contribution in [3.63, 3.8) is 0 Å². The number of hydrogen-bond acceptors (Lipinski definition) is 5. The van der Waals surface area contributed by atoms with Gasteiger partial charge in [-0.25, -0.2) is 14.2 Å². The highest BCUT2D eigenvalue weighted by molar-refractivity contribution is 7.98. The Kier molecular flexibility index (Phi) is 5.81. The third-order valence-electron chi connectivity index (χ3n) is 3.00. The number of ether oxygens (including phenoxy) is 1. The van der Waals surface area contributed by atoms with Gasteiger partial charge in [-0.15, -0.1) is 11.8 Å². The van der Waals surface area contributed by atoms with Crippen molar-refractivity contribution >= 4 is 29.4 Å². The Bertz CT molecular complexity index is 692. The van der Waals surface area contributed by atoms with Gasteiger partial charge in [-0.1, -0.05) is 12.1 Å². The number of anilines is 2. The molecule has 0 fully saturated rings. The fraction of sp³-hybridized carbons (Fsp3) is 0.250. The Labute approximate surface area is 138 Å². The van der Waals surface area contributed by atoms with Crippen LogP contribution in [-0.2, 0) is 10.5 Å². The van der Waals surface area contributed by atoms with Gasteiger partial charge < -0.3 is 10.5 Å². The van der Waals surface area contributed by atoms with Gasteiger partial charge in [-0.3, -0.25) is 5.32 Å². The first-order valence-corrected chi connectivity index (χ1v) is 8.06. The molecule has 2 aromatic rings. The third kappa shape index (κ3) is 4.85. The zero-order valence-corrected chi connectivity index (χ0v) is 13.7. The maximum absolute atomic E-state index is 12.9. The highest BCUT2D eigenvalue weighted by Gasteiger charge is 2.11. The highest BCUT2D eigenvalue weighted by atomic mass is 32.2. The third-order valence-corrected chi connectivity index (χ3v) is 4.16. The molecule has 1 aromatic carbocycles. The summed E-state index contributed by atoms with van der Waals surface area (Å²) in [4.78, 5) is 15.8. The van der Waals surface area contributed by atoms with E-state index >= 15 is 0 Å². The molecule has 0 radical (unpaired) electrons. The van der Waals surface area contributed by atoms with E-state index < -0.39 is 6.09 Å².